The largest absolute Gasteiger partial charge is 0.458 e. The highest BCUT2D eigenvalue weighted by atomic mass is 35.5. The van der Waals surface area contributed by atoms with Gasteiger partial charge < -0.3 is 25.4 Å². The van der Waals surface area contributed by atoms with Crippen LogP contribution in [0.25, 0.3) is 0 Å². The van der Waals surface area contributed by atoms with Crippen LogP contribution >= 0.6 is 11.6 Å². The SMILES string of the molecule is Cc1nocc1C(=O)N1CCC(CC(=O)Nc2ccc3cc2CCc2cncc(c2)Nc2ncc(Cl)c(n2)N3)CC1.O=C(C(=O)C(F)(F)F)C(F)(F)F. The lowest BCUT2D eigenvalue weighted by Gasteiger charge is -2.31. The number of pyridine rings is 1. The molecule has 3 aromatic heterocycles. The van der Waals surface area contributed by atoms with Crippen LogP contribution in [0.3, 0.4) is 0 Å². The van der Waals surface area contributed by atoms with Gasteiger partial charge in [-0.2, -0.15) is 31.3 Å². The van der Waals surface area contributed by atoms with E-state index in [1.165, 1.54) is 6.26 Å². The number of likely N-dealkylation sites (tertiary alicyclic amines) is 1. The number of hydrogen-bond acceptors (Lipinski definition) is 11. The minimum Gasteiger partial charge on any atom is -0.364 e. The average Bonchev–Trinajstić information content (AvgIpc) is 3.54. The van der Waals surface area contributed by atoms with E-state index < -0.39 is 23.9 Å². The second kappa shape index (κ2) is 16.0. The van der Waals surface area contributed by atoms with Crippen LogP contribution in [0.2, 0.25) is 5.02 Å². The Bertz CT molecular complexity index is 1990. The maximum Gasteiger partial charge on any atom is 0.458 e. The topological polar surface area (TPSA) is 172 Å². The summed E-state index contributed by atoms with van der Waals surface area (Å²) < 4.78 is 71.9. The van der Waals surface area contributed by atoms with E-state index in [1.807, 2.05) is 30.5 Å². The number of aryl methyl sites for hydroxylation is 3. The van der Waals surface area contributed by atoms with Crippen molar-refractivity contribution in [1.29, 1.82) is 0 Å². The van der Waals surface area contributed by atoms with E-state index in [-0.39, 0.29) is 17.7 Å². The van der Waals surface area contributed by atoms with E-state index >= 15 is 0 Å². The zero-order valence-electron chi connectivity index (χ0n) is 27.6. The van der Waals surface area contributed by atoms with Crippen LogP contribution in [-0.2, 0) is 27.2 Å². The number of halogens is 7. The fraction of sp³-hybridized carbons (Fsp3) is 0.333. The molecule has 5 heterocycles. The molecule has 2 aliphatic heterocycles. The third-order valence-electron chi connectivity index (χ3n) is 8.20. The van der Waals surface area contributed by atoms with Crippen molar-refractivity contribution in [3.05, 3.63) is 76.5 Å². The van der Waals surface area contributed by atoms with Crippen LogP contribution in [0.5, 0.6) is 0 Å². The molecule has 6 rings (SSSR count). The first-order chi connectivity index (χ1) is 25.0. The van der Waals surface area contributed by atoms with Gasteiger partial charge in [0.15, 0.2) is 5.82 Å². The Hall–Kier alpha value is -5.59. The highest BCUT2D eigenvalue weighted by Gasteiger charge is 2.54. The van der Waals surface area contributed by atoms with Gasteiger partial charge in [0.05, 0.1) is 23.8 Å². The Morgan fingerprint density at radius 2 is 1.64 bits per heavy atom. The van der Waals surface area contributed by atoms with Gasteiger partial charge >= 0.3 is 23.9 Å². The number of alkyl halides is 6. The fourth-order valence-electron chi connectivity index (χ4n) is 5.48. The molecule has 1 aromatic carbocycles. The van der Waals surface area contributed by atoms with Crippen molar-refractivity contribution in [1.82, 2.24) is 25.0 Å². The highest BCUT2D eigenvalue weighted by Crippen LogP contribution is 2.30. The average molecular weight is 767 g/mol. The van der Waals surface area contributed by atoms with Crippen molar-refractivity contribution in [2.24, 2.45) is 5.92 Å². The molecule has 20 heteroatoms. The van der Waals surface area contributed by atoms with Gasteiger partial charge in [-0.25, -0.2) is 4.98 Å². The minimum absolute atomic E-state index is 0.0409. The van der Waals surface area contributed by atoms with Crippen LogP contribution in [0, 0.1) is 12.8 Å². The Kier molecular flexibility index (Phi) is 11.6. The standard InChI is InChI=1S/C29H29ClN8O3.C4F6O2/c1-17-23(16-41-37-17)28(40)38-8-6-18(7-9-38)11-26(39)35-25-5-4-21-12-20(25)3-2-19-10-22(14-31-13-19)34-29-32-15-24(30)27(33-21)36-29;5-3(6,7)1(11)2(12)4(8,9)10/h4-5,10,12-16,18H,2-3,6-9,11H2,1H3,(H,35,39)(H2,32,33,34,36);. The van der Waals surface area contributed by atoms with Crippen molar-refractivity contribution >= 4 is 63.8 Å². The second-order valence-corrected chi connectivity index (χ2v) is 12.5. The zero-order valence-corrected chi connectivity index (χ0v) is 28.3. The first-order valence-corrected chi connectivity index (χ1v) is 16.2. The molecule has 1 fully saturated rings. The van der Waals surface area contributed by atoms with Crippen LogP contribution in [0.15, 0.2) is 53.6 Å². The molecular formula is C33H29ClF6N8O5. The monoisotopic (exact) mass is 766 g/mol. The summed E-state index contributed by atoms with van der Waals surface area (Å²) in [6.45, 7) is 2.96. The molecular weight excluding hydrogens is 738 g/mol. The van der Waals surface area contributed by atoms with Crippen molar-refractivity contribution in [2.75, 3.05) is 29.0 Å². The summed E-state index contributed by atoms with van der Waals surface area (Å²) in [5, 5.41) is 13.8. The lowest BCUT2D eigenvalue weighted by Crippen LogP contribution is -2.39. The number of ketones is 2. The predicted molar refractivity (Wildman–Crippen MR) is 177 cm³/mol. The van der Waals surface area contributed by atoms with Gasteiger partial charge in [0.1, 0.15) is 16.8 Å². The molecule has 3 N–H and O–H groups in total. The van der Waals surface area contributed by atoms with Gasteiger partial charge in [0.25, 0.3) is 5.91 Å². The van der Waals surface area contributed by atoms with Gasteiger partial charge in [-0.1, -0.05) is 16.8 Å². The summed E-state index contributed by atoms with van der Waals surface area (Å²) in [6, 6.07) is 7.82. The van der Waals surface area contributed by atoms with E-state index in [9.17, 15) is 45.5 Å². The van der Waals surface area contributed by atoms with E-state index in [0.717, 1.165) is 47.5 Å². The Balaban J connectivity index is 0.000000390. The van der Waals surface area contributed by atoms with E-state index in [1.54, 1.807) is 24.2 Å². The molecule has 0 spiro atoms. The number of benzene rings is 1. The maximum atomic E-state index is 13.1. The maximum absolute atomic E-state index is 13.1. The van der Waals surface area contributed by atoms with Gasteiger partial charge in [-0.05, 0) is 73.9 Å². The summed E-state index contributed by atoms with van der Waals surface area (Å²) in [4.78, 5) is 60.1. The molecule has 280 valence electrons. The van der Waals surface area contributed by atoms with Crippen molar-refractivity contribution in [3.63, 3.8) is 0 Å². The first kappa shape index (κ1) is 38.6. The van der Waals surface area contributed by atoms with Crippen LogP contribution in [-0.4, -0.2) is 73.8 Å². The molecule has 0 radical (unpaired) electrons. The third-order valence-corrected chi connectivity index (χ3v) is 8.47. The Labute approximate surface area is 301 Å². The molecule has 2 amide bonds. The van der Waals surface area contributed by atoms with Gasteiger partial charge in [0.2, 0.25) is 11.9 Å². The molecule has 2 aliphatic rings. The fourth-order valence-corrected chi connectivity index (χ4v) is 5.62. The molecule has 1 saturated heterocycles. The lowest BCUT2D eigenvalue weighted by molar-refractivity contribution is -0.193. The number of nitrogens with one attached hydrogen (secondary N) is 3. The second-order valence-electron chi connectivity index (χ2n) is 12.0. The van der Waals surface area contributed by atoms with Crippen molar-refractivity contribution in [3.8, 4) is 0 Å². The Morgan fingerprint density at radius 1 is 0.943 bits per heavy atom. The van der Waals surface area contributed by atoms with Gasteiger partial charge in [-0.3, -0.25) is 24.2 Å². The quantitative estimate of drug-likeness (QED) is 0.149. The van der Waals surface area contributed by atoms with E-state index in [0.29, 0.717) is 54.0 Å². The number of carbonyl (C=O) groups excluding carboxylic acids is 4. The summed E-state index contributed by atoms with van der Waals surface area (Å²) in [5.41, 5.74) is 5.45. The Morgan fingerprint density at radius 3 is 2.28 bits per heavy atom. The molecule has 0 atom stereocenters. The predicted octanol–water partition coefficient (Wildman–Crippen LogP) is 6.54. The number of Topliss-reactive ketones (excluding diaryl/α,β-unsaturated/α-hetero) is 2. The number of anilines is 5. The minimum atomic E-state index is -5.77. The van der Waals surface area contributed by atoms with E-state index in [4.69, 9.17) is 16.1 Å². The summed E-state index contributed by atoms with van der Waals surface area (Å²) in [6.07, 6.45) is -1.71. The number of amides is 2. The van der Waals surface area contributed by atoms with E-state index in [2.05, 4.69) is 36.1 Å². The third kappa shape index (κ3) is 10.1. The van der Waals surface area contributed by atoms with Gasteiger partial charge in [0, 0.05) is 37.1 Å². The van der Waals surface area contributed by atoms with Crippen molar-refractivity contribution < 1.29 is 50.0 Å². The number of carbonyl (C=O) groups is 4. The lowest BCUT2D eigenvalue weighted by atomic mass is 9.92. The molecule has 0 aliphatic carbocycles. The number of hydrogen-bond donors (Lipinski definition) is 3. The van der Waals surface area contributed by atoms with Crippen LogP contribution < -0.4 is 16.0 Å². The first-order valence-electron chi connectivity index (χ1n) is 15.8. The number of aromatic nitrogens is 4. The number of nitrogens with zero attached hydrogens (tertiary/aromatic N) is 5. The smallest absolute Gasteiger partial charge is 0.364 e. The normalized spacial score (nSPS) is 14.5. The number of fused-ring (bicyclic) bond motifs is 6. The molecule has 0 saturated carbocycles. The molecule has 53 heavy (non-hydrogen) atoms. The number of piperidine rings is 1. The zero-order chi connectivity index (χ0) is 38.5. The highest BCUT2D eigenvalue weighted by molar-refractivity contribution is 6.41. The summed E-state index contributed by atoms with van der Waals surface area (Å²) >= 11 is 6.37. The summed E-state index contributed by atoms with van der Waals surface area (Å²) in [5.74, 6) is -5.85. The number of rotatable bonds is 5. The van der Waals surface area contributed by atoms with Crippen LogP contribution in [0.4, 0.5) is 55.2 Å². The van der Waals surface area contributed by atoms with Crippen LogP contribution in [0.1, 0.15) is 46.4 Å². The molecule has 13 nitrogen and oxygen atoms in total. The molecule has 4 aromatic rings. The molecule has 6 bridgehead atoms. The molecule has 0 unspecified atom stereocenters. The van der Waals surface area contributed by atoms with Crippen molar-refractivity contribution in [2.45, 2.75) is 51.4 Å². The van der Waals surface area contributed by atoms with Gasteiger partial charge in [-0.15, -0.1) is 0 Å². The summed E-state index contributed by atoms with van der Waals surface area (Å²) in [7, 11) is 0.